The second-order valence-corrected chi connectivity index (χ2v) is 5.96. The van der Waals surface area contributed by atoms with Crippen LogP contribution in [0.3, 0.4) is 0 Å². The first kappa shape index (κ1) is 12.5. The fourth-order valence-corrected chi connectivity index (χ4v) is 3.50. The predicted octanol–water partition coefficient (Wildman–Crippen LogP) is 3.33. The van der Waals surface area contributed by atoms with Crippen molar-refractivity contribution in [3.8, 4) is 17.2 Å². The van der Waals surface area contributed by atoms with Crippen molar-refractivity contribution >= 4 is 23.6 Å². The van der Waals surface area contributed by atoms with Crippen molar-refractivity contribution in [1.82, 2.24) is 9.88 Å². The quantitative estimate of drug-likeness (QED) is 0.818. The fraction of sp³-hybridized carbons (Fsp3) is 0.286. The van der Waals surface area contributed by atoms with E-state index in [9.17, 15) is 5.26 Å². The molecule has 0 saturated carbocycles. The molecule has 0 amide bonds. The monoisotopic (exact) mass is 287 g/mol. The molecule has 0 bridgehead atoms. The van der Waals surface area contributed by atoms with E-state index in [0.717, 1.165) is 36.3 Å². The van der Waals surface area contributed by atoms with Crippen LogP contribution in [0.4, 0.5) is 0 Å². The molecule has 1 aliphatic rings. The van der Waals surface area contributed by atoms with Crippen LogP contribution >= 0.6 is 23.6 Å². The molecule has 19 heavy (non-hydrogen) atoms. The zero-order valence-corrected chi connectivity index (χ0v) is 12.2. The van der Waals surface area contributed by atoms with Crippen molar-refractivity contribution in [2.45, 2.75) is 13.0 Å². The molecule has 3 heterocycles. The van der Waals surface area contributed by atoms with Gasteiger partial charge in [0, 0.05) is 24.3 Å². The number of hydrogen-bond acceptors (Lipinski definition) is 4. The summed E-state index contributed by atoms with van der Waals surface area (Å²) in [7, 11) is 2.10. The number of thiophene rings is 1. The Labute approximate surface area is 121 Å². The first-order valence-electron chi connectivity index (χ1n) is 6.10. The molecule has 1 N–H and O–H groups in total. The van der Waals surface area contributed by atoms with E-state index < -0.39 is 0 Å². The van der Waals surface area contributed by atoms with Crippen LogP contribution in [0, 0.1) is 16.0 Å². The number of nitriles is 1. The molecule has 0 unspecified atom stereocenters. The van der Waals surface area contributed by atoms with Crippen LogP contribution in [0.2, 0.25) is 0 Å². The number of H-pyrrole nitrogens is 1. The van der Waals surface area contributed by atoms with E-state index in [4.69, 9.17) is 12.2 Å². The van der Waals surface area contributed by atoms with Gasteiger partial charge < -0.3 is 9.88 Å². The number of aromatic amines is 1. The van der Waals surface area contributed by atoms with Crippen LogP contribution in [-0.2, 0) is 13.0 Å². The molecule has 0 fully saturated rings. The maximum Gasteiger partial charge on any atom is 0.122 e. The molecule has 3 nitrogen and oxygen atoms in total. The highest BCUT2D eigenvalue weighted by Crippen LogP contribution is 2.33. The molecule has 0 saturated heterocycles. The minimum absolute atomic E-state index is 0.553. The highest BCUT2D eigenvalue weighted by atomic mass is 32.1. The molecular formula is C14H13N3S2. The van der Waals surface area contributed by atoms with Gasteiger partial charge in [0.1, 0.15) is 10.7 Å². The van der Waals surface area contributed by atoms with E-state index >= 15 is 0 Å². The lowest BCUT2D eigenvalue weighted by molar-refractivity contribution is 0.308. The number of hydrogen-bond donors (Lipinski definition) is 1. The van der Waals surface area contributed by atoms with Gasteiger partial charge in [-0.2, -0.15) is 16.6 Å². The number of pyridine rings is 1. The Morgan fingerprint density at radius 3 is 3.05 bits per heavy atom. The second kappa shape index (κ2) is 4.89. The van der Waals surface area contributed by atoms with Crippen LogP contribution < -0.4 is 0 Å². The van der Waals surface area contributed by atoms with E-state index in [1.165, 1.54) is 5.56 Å². The van der Waals surface area contributed by atoms with Crippen LogP contribution in [-0.4, -0.2) is 23.5 Å². The Balaban J connectivity index is 2.32. The zero-order valence-electron chi connectivity index (χ0n) is 10.6. The van der Waals surface area contributed by atoms with Crippen molar-refractivity contribution in [2.24, 2.45) is 0 Å². The van der Waals surface area contributed by atoms with Crippen LogP contribution in [0.5, 0.6) is 0 Å². The largest absolute Gasteiger partial charge is 0.348 e. The van der Waals surface area contributed by atoms with Gasteiger partial charge in [-0.1, -0.05) is 12.2 Å². The maximum absolute atomic E-state index is 9.41. The van der Waals surface area contributed by atoms with Gasteiger partial charge in [-0.05, 0) is 41.4 Å². The second-order valence-electron chi connectivity index (χ2n) is 4.77. The molecule has 3 rings (SSSR count). The molecule has 0 atom stereocenters. The molecule has 96 valence electrons. The molecule has 0 aromatic carbocycles. The average Bonchev–Trinajstić information content (AvgIpc) is 2.90. The summed E-state index contributed by atoms with van der Waals surface area (Å²) in [4.78, 5) is 5.50. The lowest BCUT2D eigenvalue weighted by Gasteiger charge is -2.27. The summed E-state index contributed by atoms with van der Waals surface area (Å²) in [5.74, 6) is 0. The Bertz CT molecular complexity index is 708. The van der Waals surface area contributed by atoms with Crippen molar-refractivity contribution in [3.63, 3.8) is 0 Å². The van der Waals surface area contributed by atoms with Gasteiger partial charge in [-0.25, -0.2) is 0 Å². The average molecular weight is 287 g/mol. The Morgan fingerprint density at radius 2 is 2.37 bits per heavy atom. The van der Waals surface area contributed by atoms with Gasteiger partial charge in [-0.15, -0.1) is 0 Å². The number of nitrogens with one attached hydrogen (secondary N) is 1. The van der Waals surface area contributed by atoms with Crippen molar-refractivity contribution in [1.29, 1.82) is 5.26 Å². The summed E-state index contributed by atoms with van der Waals surface area (Å²) in [5, 5.41) is 13.5. The molecule has 5 heteroatoms. The van der Waals surface area contributed by atoms with Gasteiger partial charge >= 0.3 is 0 Å². The smallest absolute Gasteiger partial charge is 0.122 e. The van der Waals surface area contributed by atoms with Gasteiger partial charge in [0.05, 0.1) is 5.56 Å². The summed E-state index contributed by atoms with van der Waals surface area (Å²) in [6.07, 6.45) is 0.956. The number of aromatic nitrogens is 1. The lowest BCUT2D eigenvalue weighted by Crippen LogP contribution is -2.28. The summed E-state index contributed by atoms with van der Waals surface area (Å²) >= 11 is 6.99. The third-order valence-electron chi connectivity index (χ3n) is 3.50. The molecule has 2 aromatic heterocycles. The van der Waals surface area contributed by atoms with E-state index in [1.54, 1.807) is 11.3 Å². The molecule has 0 aliphatic carbocycles. The van der Waals surface area contributed by atoms with E-state index in [1.807, 2.05) is 5.38 Å². The minimum atomic E-state index is 0.553. The first-order valence-corrected chi connectivity index (χ1v) is 7.45. The zero-order chi connectivity index (χ0) is 13.4. The maximum atomic E-state index is 9.41. The standard InChI is InChI=1S/C14H13N3S2/c1-17-4-2-10-12(7-17)16-14(18)11(6-15)13(10)9-3-5-19-8-9/h3,5,8H,2,4,7H2,1H3,(H,16,18). The van der Waals surface area contributed by atoms with Crippen molar-refractivity contribution in [3.05, 3.63) is 38.3 Å². The Morgan fingerprint density at radius 1 is 1.53 bits per heavy atom. The molecule has 2 aromatic rings. The first-order chi connectivity index (χ1) is 9.20. The fourth-order valence-electron chi connectivity index (χ4n) is 2.58. The van der Waals surface area contributed by atoms with E-state index in [-0.39, 0.29) is 0 Å². The Hall–Kier alpha value is -1.48. The SMILES string of the molecule is CN1CCc2c([nH]c(=S)c(C#N)c2-c2ccsc2)C1. The Kier molecular flexibility index (Phi) is 3.23. The highest BCUT2D eigenvalue weighted by Gasteiger charge is 2.21. The number of rotatable bonds is 1. The minimum Gasteiger partial charge on any atom is -0.348 e. The third-order valence-corrected chi connectivity index (χ3v) is 4.49. The number of nitrogens with zero attached hydrogens (tertiary/aromatic N) is 2. The van der Waals surface area contributed by atoms with Crippen LogP contribution in [0.25, 0.3) is 11.1 Å². The summed E-state index contributed by atoms with van der Waals surface area (Å²) < 4.78 is 0.553. The molecule has 0 radical (unpaired) electrons. The molecule has 0 spiro atoms. The van der Waals surface area contributed by atoms with Crippen molar-refractivity contribution < 1.29 is 0 Å². The van der Waals surface area contributed by atoms with Gasteiger partial charge in [0.2, 0.25) is 0 Å². The van der Waals surface area contributed by atoms with Crippen molar-refractivity contribution in [2.75, 3.05) is 13.6 Å². The third kappa shape index (κ3) is 2.12. The number of likely N-dealkylation sites (N-methyl/N-ethyl adjacent to an activating group) is 1. The van der Waals surface area contributed by atoms with Gasteiger partial charge in [0.15, 0.2) is 0 Å². The number of fused-ring (bicyclic) bond motifs is 1. The predicted molar refractivity (Wildman–Crippen MR) is 79.7 cm³/mol. The molecular weight excluding hydrogens is 274 g/mol. The van der Waals surface area contributed by atoms with Gasteiger partial charge in [-0.3, -0.25) is 0 Å². The topological polar surface area (TPSA) is 42.8 Å². The van der Waals surface area contributed by atoms with Crippen LogP contribution in [0.15, 0.2) is 16.8 Å². The van der Waals surface area contributed by atoms with Gasteiger partial charge in [0.25, 0.3) is 0 Å². The van der Waals surface area contributed by atoms with E-state index in [2.05, 4.69) is 34.4 Å². The summed E-state index contributed by atoms with van der Waals surface area (Å²) in [6, 6.07) is 4.33. The normalized spacial score (nSPS) is 14.9. The highest BCUT2D eigenvalue weighted by molar-refractivity contribution is 7.71. The summed E-state index contributed by atoms with van der Waals surface area (Å²) in [6.45, 7) is 1.88. The van der Waals surface area contributed by atoms with E-state index in [0.29, 0.717) is 10.2 Å². The van der Waals surface area contributed by atoms with Crippen LogP contribution in [0.1, 0.15) is 16.8 Å². The summed E-state index contributed by atoms with van der Waals surface area (Å²) in [5.41, 5.74) is 5.16. The molecule has 1 aliphatic heterocycles. The lowest BCUT2D eigenvalue weighted by atomic mass is 9.92.